The number of carbonyl (C=O) groups excluding carboxylic acids is 1. The van der Waals surface area contributed by atoms with Crippen LogP contribution in [0.3, 0.4) is 0 Å². The van der Waals surface area contributed by atoms with E-state index in [1.807, 2.05) is 37.3 Å². The zero-order chi connectivity index (χ0) is 21.1. The van der Waals surface area contributed by atoms with E-state index in [0.717, 1.165) is 21.3 Å². The maximum absolute atomic E-state index is 13.1. The van der Waals surface area contributed by atoms with Crippen molar-refractivity contribution in [3.63, 3.8) is 0 Å². The molecule has 0 radical (unpaired) electrons. The van der Waals surface area contributed by atoms with Gasteiger partial charge in [0.2, 0.25) is 5.55 Å². The van der Waals surface area contributed by atoms with Crippen LogP contribution in [0, 0.1) is 6.92 Å². The highest BCUT2D eigenvalue weighted by atomic mass is 79.9. The smallest absolute Gasteiger partial charge is 0.262 e. The minimum absolute atomic E-state index is 0.208. The van der Waals surface area contributed by atoms with Crippen molar-refractivity contribution in [1.29, 1.82) is 0 Å². The van der Waals surface area contributed by atoms with Gasteiger partial charge in [0.05, 0.1) is 12.8 Å². The van der Waals surface area contributed by atoms with E-state index < -0.39 is 0 Å². The summed E-state index contributed by atoms with van der Waals surface area (Å²) in [6.45, 7) is 1.86. The topological polar surface area (TPSA) is 76.7 Å². The Morgan fingerprint density at radius 3 is 2.63 bits per heavy atom. The largest absolute Gasteiger partial charge is 0.497 e. The number of benzene rings is 2. The fourth-order valence-electron chi connectivity index (χ4n) is 2.92. The van der Waals surface area contributed by atoms with Crippen LogP contribution in [0.1, 0.15) is 16.1 Å². The Labute approximate surface area is 181 Å². The first-order valence-corrected chi connectivity index (χ1v) is 9.98. The Hall–Kier alpha value is -3.45. The second-order valence-corrected chi connectivity index (χ2v) is 7.49. The number of fused-ring (bicyclic) bond motifs is 1. The van der Waals surface area contributed by atoms with E-state index >= 15 is 0 Å². The molecule has 0 atom stereocenters. The van der Waals surface area contributed by atoms with Crippen LogP contribution in [0.2, 0.25) is 0 Å². The van der Waals surface area contributed by atoms with Gasteiger partial charge in [-0.25, -0.2) is 9.98 Å². The number of halogens is 1. The zero-order valence-corrected chi connectivity index (χ0v) is 17.9. The number of aromatic nitrogens is 1. The Morgan fingerprint density at radius 2 is 1.90 bits per heavy atom. The number of carbonyl (C=O) groups is 1. The van der Waals surface area contributed by atoms with Crippen LogP contribution in [0.5, 0.6) is 5.75 Å². The number of nitrogens with one attached hydrogen (secondary N) is 1. The molecular formula is C23H18BrN3O3. The van der Waals surface area contributed by atoms with E-state index in [1.165, 1.54) is 0 Å². The number of rotatable bonds is 4. The molecule has 0 saturated heterocycles. The average Bonchev–Trinajstić information content (AvgIpc) is 2.74. The van der Waals surface area contributed by atoms with Crippen LogP contribution in [0.25, 0.3) is 11.0 Å². The molecule has 2 heterocycles. The SMILES string of the molecule is COc1ccc(N=c2oc3ccc(Br)cc3cc2C(=O)Nc2cccc(C)n2)cc1. The summed E-state index contributed by atoms with van der Waals surface area (Å²) < 4.78 is 12.1. The Morgan fingerprint density at radius 1 is 1.10 bits per heavy atom. The van der Waals surface area contributed by atoms with Gasteiger partial charge in [-0.05, 0) is 67.6 Å². The molecule has 30 heavy (non-hydrogen) atoms. The number of methoxy groups -OCH3 is 1. The molecule has 0 aliphatic heterocycles. The van der Waals surface area contributed by atoms with Gasteiger partial charge in [0, 0.05) is 15.6 Å². The van der Waals surface area contributed by atoms with Crippen LogP contribution in [0.4, 0.5) is 11.5 Å². The fraction of sp³-hybridized carbons (Fsp3) is 0.0870. The van der Waals surface area contributed by atoms with E-state index in [-0.39, 0.29) is 11.5 Å². The van der Waals surface area contributed by atoms with E-state index in [1.54, 1.807) is 43.5 Å². The maximum atomic E-state index is 13.1. The summed E-state index contributed by atoms with van der Waals surface area (Å²) in [7, 11) is 1.60. The van der Waals surface area contributed by atoms with Gasteiger partial charge in [-0.1, -0.05) is 22.0 Å². The molecule has 0 fully saturated rings. The van der Waals surface area contributed by atoms with Crippen molar-refractivity contribution in [1.82, 2.24) is 4.98 Å². The first kappa shape index (κ1) is 19.8. The van der Waals surface area contributed by atoms with Crippen molar-refractivity contribution >= 4 is 44.3 Å². The molecular weight excluding hydrogens is 446 g/mol. The molecule has 4 aromatic rings. The molecule has 1 amide bonds. The Balaban J connectivity index is 1.83. The first-order chi connectivity index (χ1) is 14.5. The summed E-state index contributed by atoms with van der Waals surface area (Å²) >= 11 is 3.45. The molecule has 0 saturated carbocycles. The molecule has 4 rings (SSSR count). The lowest BCUT2D eigenvalue weighted by atomic mass is 10.1. The van der Waals surface area contributed by atoms with Crippen molar-refractivity contribution in [2.24, 2.45) is 4.99 Å². The lowest BCUT2D eigenvalue weighted by Gasteiger charge is -2.07. The quantitative estimate of drug-likeness (QED) is 0.439. The molecule has 0 bridgehead atoms. The lowest BCUT2D eigenvalue weighted by molar-refractivity contribution is 0.102. The van der Waals surface area contributed by atoms with E-state index in [9.17, 15) is 4.79 Å². The standard InChI is InChI=1S/C23H18BrN3O3/c1-14-4-3-5-21(25-14)27-22(28)19-13-15-12-16(24)6-11-20(15)30-23(19)26-17-7-9-18(29-2)10-8-17/h3-13H,1-2H3,(H,25,27,28). The minimum Gasteiger partial charge on any atom is -0.497 e. The number of pyridine rings is 1. The highest BCUT2D eigenvalue weighted by Gasteiger charge is 2.14. The van der Waals surface area contributed by atoms with Crippen LogP contribution in [-0.4, -0.2) is 18.0 Å². The summed E-state index contributed by atoms with van der Waals surface area (Å²) in [6.07, 6.45) is 0. The van der Waals surface area contributed by atoms with Gasteiger partial charge in [0.1, 0.15) is 22.7 Å². The first-order valence-electron chi connectivity index (χ1n) is 9.19. The van der Waals surface area contributed by atoms with Crippen LogP contribution in [-0.2, 0) is 0 Å². The third-order valence-corrected chi connectivity index (χ3v) is 4.88. The third kappa shape index (κ3) is 4.41. The molecule has 1 N–H and O–H groups in total. The Kier molecular flexibility index (Phi) is 5.63. The average molecular weight is 464 g/mol. The number of ether oxygens (including phenoxy) is 1. The number of aryl methyl sites for hydroxylation is 1. The predicted octanol–water partition coefficient (Wildman–Crippen LogP) is 5.39. The second kappa shape index (κ2) is 8.51. The zero-order valence-electron chi connectivity index (χ0n) is 16.3. The van der Waals surface area contributed by atoms with Crippen molar-refractivity contribution < 1.29 is 13.9 Å². The van der Waals surface area contributed by atoms with Crippen molar-refractivity contribution in [3.05, 3.63) is 88.0 Å². The van der Waals surface area contributed by atoms with Crippen molar-refractivity contribution in [3.8, 4) is 5.75 Å². The molecule has 6 nitrogen and oxygen atoms in total. The van der Waals surface area contributed by atoms with Crippen molar-refractivity contribution in [2.75, 3.05) is 12.4 Å². The highest BCUT2D eigenvalue weighted by molar-refractivity contribution is 9.10. The highest BCUT2D eigenvalue weighted by Crippen LogP contribution is 2.21. The number of amides is 1. The monoisotopic (exact) mass is 463 g/mol. The molecule has 0 unspecified atom stereocenters. The molecule has 2 aromatic heterocycles. The normalized spacial score (nSPS) is 11.5. The predicted molar refractivity (Wildman–Crippen MR) is 119 cm³/mol. The number of nitrogens with zero attached hydrogens (tertiary/aromatic N) is 2. The van der Waals surface area contributed by atoms with E-state index in [0.29, 0.717) is 22.7 Å². The third-order valence-electron chi connectivity index (χ3n) is 4.39. The summed E-state index contributed by atoms with van der Waals surface area (Å²) in [6, 6.07) is 20.0. The van der Waals surface area contributed by atoms with Gasteiger partial charge in [-0.15, -0.1) is 0 Å². The van der Waals surface area contributed by atoms with Gasteiger partial charge in [0.25, 0.3) is 5.91 Å². The summed E-state index contributed by atoms with van der Waals surface area (Å²) in [5.74, 6) is 0.827. The van der Waals surface area contributed by atoms with Gasteiger partial charge in [-0.3, -0.25) is 4.79 Å². The van der Waals surface area contributed by atoms with Crippen LogP contribution in [0.15, 0.2) is 80.6 Å². The number of hydrogen-bond donors (Lipinski definition) is 1. The number of anilines is 1. The molecule has 2 aromatic carbocycles. The van der Waals surface area contributed by atoms with Gasteiger partial charge >= 0.3 is 0 Å². The van der Waals surface area contributed by atoms with Gasteiger partial charge < -0.3 is 14.5 Å². The second-order valence-electron chi connectivity index (χ2n) is 6.58. The Bertz CT molecular complexity index is 1300. The van der Waals surface area contributed by atoms with Gasteiger partial charge in [-0.2, -0.15) is 0 Å². The summed E-state index contributed by atoms with van der Waals surface area (Å²) in [5.41, 5.74) is 2.58. The molecule has 0 aliphatic rings. The van der Waals surface area contributed by atoms with E-state index in [4.69, 9.17) is 9.15 Å². The molecule has 150 valence electrons. The molecule has 0 spiro atoms. The summed E-state index contributed by atoms with van der Waals surface area (Å²) in [5, 5.41) is 3.60. The minimum atomic E-state index is -0.356. The summed E-state index contributed by atoms with van der Waals surface area (Å²) in [4.78, 5) is 22.0. The van der Waals surface area contributed by atoms with E-state index in [2.05, 4.69) is 31.2 Å². The van der Waals surface area contributed by atoms with Gasteiger partial charge in [0.15, 0.2) is 0 Å². The van der Waals surface area contributed by atoms with Crippen LogP contribution < -0.4 is 15.6 Å². The molecule has 7 heteroatoms. The fourth-order valence-corrected chi connectivity index (χ4v) is 3.30. The number of hydrogen-bond acceptors (Lipinski definition) is 5. The van der Waals surface area contributed by atoms with Crippen LogP contribution >= 0.6 is 15.9 Å². The maximum Gasteiger partial charge on any atom is 0.262 e. The molecule has 0 aliphatic carbocycles. The lowest BCUT2D eigenvalue weighted by Crippen LogP contribution is -2.22. The van der Waals surface area contributed by atoms with Crippen molar-refractivity contribution in [2.45, 2.75) is 6.92 Å².